The molecule has 0 spiro atoms. The average molecular weight is 452 g/mol. The largest absolute Gasteiger partial charge is 0.372 e. The first kappa shape index (κ1) is 25.9. The lowest BCUT2D eigenvalue weighted by atomic mass is 9.96. The predicted molar refractivity (Wildman–Crippen MR) is 129 cm³/mol. The van der Waals surface area contributed by atoms with Crippen molar-refractivity contribution in [2.45, 2.75) is 97.5 Å². The Morgan fingerprint density at radius 3 is 2.23 bits per heavy atom. The third kappa shape index (κ3) is 7.31. The van der Waals surface area contributed by atoms with Crippen molar-refractivity contribution in [3.8, 4) is 0 Å². The maximum absolute atomic E-state index is 12.5. The van der Waals surface area contributed by atoms with Crippen LogP contribution in [0.5, 0.6) is 0 Å². The van der Waals surface area contributed by atoms with Gasteiger partial charge in [0.2, 0.25) is 0 Å². The van der Waals surface area contributed by atoms with E-state index in [1.807, 2.05) is 0 Å². The summed E-state index contributed by atoms with van der Waals surface area (Å²) in [6.45, 7) is 15.4. The van der Waals surface area contributed by atoms with Crippen molar-refractivity contribution in [3.05, 3.63) is 28.8 Å². The highest BCUT2D eigenvalue weighted by Gasteiger charge is 2.28. The zero-order valence-electron chi connectivity index (χ0n) is 20.5. The molecule has 0 amide bonds. The fourth-order valence-corrected chi connectivity index (χ4v) is 5.36. The van der Waals surface area contributed by atoms with Crippen molar-refractivity contribution >= 4 is 21.3 Å². The highest BCUT2D eigenvalue weighted by Crippen LogP contribution is 2.28. The van der Waals surface area contributed by atoms with Crippen LogP contribution in [0, 0.1) is 13.8 Å². The van der Waals surface area contributed by atoms with E-state index in [-0.39, 0.29) is 23.7 Å². The minimum absolute atomic E-state index is 0.198. The van der Waals surface area contributed by atoms with Crippen LogP contribution in [0.25, 0.3) is 0 Å². The Morgan fingerprint density at radius 1 is 1.03 bits per heavy atom. The average Bonchev–Trinajstić information content (AvgIpc) is 2.62. The van der Waals surface area contributed by atoms with E-state index in [2.05, 4.69) is 44.7 Å². The van der Waals surface area contributed by atoms with E-state index >= 15 is 0 Å². The van der Waals surface area contributed by atoms with Gasteiger partial charge in [-0.3, -0.25) is 4.79 Å². The molecule has 0 saturated carbocycles. The molecule has 1 saturated heterocycles. The summed E-state index contributed by atoms with van der Waals surface area (Å²) in [4.78, 5) is 14.9. The number of sulfone groups is 1. The van der Waals surface area contributed by atoms with Crippen molar-refractivity contribution in [1.82, 2.24) is 0 Å². The van der Waals surface area contributed by atoms with Crippen LogP contribution < -0.4 is 4.90 Å². The van der Waals surface area contributed by atoms with E-state index in [0.29, 0.717) is 19.3 Å². The van der Waals surface area contributed by atoms with Crippen molar-refractivity contribution in [1.29, 1.82) is 0 Å². The minimum atomic E-state index is -3.07. The monoisotopic (exact) mass is 451 g/mol. The standard InChI is InChI=1S/C25H41NO4S/c1-18-14-24(26-16-20(3)30-21(4)17-26)19(2)13-22(18)15-23(27)11-9-8-10-12-31(28,29)25(5,6)7/h13-14,20-21H,8-12,15-17H2,1-7H3/t20-,21+. The Labute approximate surface area is 189 Å². The molecule has 0 aromatic heterocycles. The van der Waals surface area contributed by atoms with Gasteiger partial charge < -0.3 is 9.64 Å². The maximum Gasteiger partial charge on any atom is 0.155 e. The lowest BCUT2D eigenvalue weighted by molar-refractivity contribution is -0.118. The summed E-state index contributed by atoms with van der Waals surface area (Å²) in [6, 6.07) is 4.36. The lowest BCUT2D eigenvalue weighted by Crippen LogP contribution is -2.45. The number of ketones is 1. The first-order chi connectivity index (χ1) is 14.3. The van der Waals surface area contributed by atoms with Gasteiger partial charge in [0, 0.05) is 31.6 Å². The third-order valence-electron chi connectivity index (χ3n) is 6.10. The van der Waals surface area contributed by atoms with E-state index in [1.165, 1.54) is 11.3 Å². The molecule has 0 radical (unpaired) electrons. The molecular formula is C25H41NO4S. The molecule has 31 heavy (non-hydrogen) atoms. The number of benzene rings is 1. The van der Waals surface area contributed by atoms with Crippen molar-refractivity contribution in [2.24, 2.45) is 0 Å². The molecule has 176 valence electrons. The molecule has 1 heterocycles. The summed E-state index contributed by atoms with van der Waals surface area (Å²) >= 11 is 0. The number of rotatable bonds is 9. The number of nitrogens with zero attached hydrogens (tertiary/aromatic N) is 1. The second-order valence-electron chi connectivity index (χ2n) is 10.2. The lowest BCUT2D eigenvalue weighted by Gasteiger charge is -2.38. The van der Waals surface area contributed by atoms with Crippen LogP contribution in [-0.4, -0.2) is 50.0 Å². The van der Waals surface area contributed by atoms with Crippen LogP contribution >= 0.6 is 0 Å². The van der Waals surface area contributed by atoms with Crippen LogP contribution in [0.1, 0.15) is 77.0 Å². The van der Waals surface area contributed by atoms with Gasteiger partial charge >= 0.3 is 0 Å². The summed E-state index contributed by atoms with van der Waals surface area (Å²) in [7, 11) is -3.07. The predicted octanol–water partition coefficient (Wildman–Crippen LogP) is 4.80. The topological polar surface area (TPSA) is 63.7 Å². The van der Waals surface area contributed by atoms with Crippen molar-refractivity contribution < 1.29 is 17.9 Å². The SMILES string of the molecule is Cc1cc(N2C[C@@H](C)O[C@@H](C)C2)c(C)cc1CC(=O)CCCCCS(=O)(=O)C(C)(C)C. The van der Waals surface area contributed by atoms with Crippen LogP contribution in [0.2, 0.25) is 0 Å². The number of morpholine rings is 1. The molecule has 1 aromatic rings. The van der Waals surface area contributed by atoms with Gasteiger partial charge in [0.25, 0.3) is 0 Å². The van der Waals surface area contributed by atoms with Gasteiger partial charge in [0.1, 0.15) is 5.78 Å². The van der Waals surface area contributed by atoms with Crippen molar-refractivity contribution in [2.75, 3.05) is 23.7 Å². The molecule has 2 rings (SSSR count). The normalized spacial score (nSPS) is 20.2. The number of hydrogen-bond donors (Lipinski definition) is 0. The second-order valence-corrected chi connectivity index (χ2v) is 13.0. The fraction of sp³-hybridized carbons (Fsp3) is 0.720. The van der Waals surface area contributed by atoms with Gasteiger partial charge in [-0.05, 0) is 84.1 Å². The Hall–Kier alpha value is -1.40. The molecule has 6 heteroatoms. The molecule has 1 aliphatic heterocycles. The van der Waals surface area contributed by atoms with E-state index in [9.17, 15) is 13.2 Å². The Kier molecular flexibility index (Phi) is 8.74. The molecular weight excluding hydrogens is 410 g/mol. The van der Waals surface area contributed by atoms with Crippen LogP contribution in [0.4, 0.5) is 5.69 Å². The molecule has 0 bridgehead atoms. The number of hydrogen-bond acceptors (Lipinski definition) is 5. The molecule has 5 nitrogen and oxygen atoms in total. The molecule has 1 aromatic carbocycles. The molecule has 0 unspecified atom stereocenters. The zero-order valence-corrected chi connectivity index (χ0v) is 21.3. The summed E-state index contributed by atoms with van der Waals surface area (Å²) < 4.78 is 29.5. The second kappa shape index (κ2) is 10.5. The Balaban J connectivity index is 1.87. The summed E-state index contributed by atoms with van der Waals surface area (Å²) in [5.74, 6) is 0.422. The van der Waals surface area contributed by atoms with E-state index in [4.69, 9.17) is 4.74 Å². The first-order valence-electron chi connectivity index (χ1n) is 11.5. The number of Topliss-reactive ketones (excluding diaryl/α,β-unsaturated/α-hetero) is 1. The summed E-state index contributed by atoms with van der Waals surface area (Å²) in [5.41, 5.74) is 4.67. The quantitative estimate of drug-likeness (QED) is 0.505. The maximum atomic E-state index is 12.5. The Bertz CT molecular complexity index is 860. The van der Waals surface area contributed by atoms with E-state index in [0.717, 1.165) is 37.1 Å². The summed E-state index contributed by atoms with van der Waals surface area (Å²) in [5, 5.41) is 0. The van der Waals surface area contributed by atoms with Gasteiger partial charge in [-0.15, -0.1) is 0 Å². The number of anilines is 1. The van der Waals surface area contributed by atoms with Gasteiger partial charge in [-0.1, -0.05) is 12.5 Å². The molecule has 1 aliphatic rings. The minimum Gasteiger partial charge on any atom is -0.372 e. The summed E-state index contributed by atoms with van der Waals surface area (Å²) in [6.07, 6.45) is 3.52. The molecule has 0 aliphatic carbocycles. The smallest absolute Gasteiger partial charge is 0.155 e. The number of aryl methyl sites for hydroxylation is 2. The number of carbonyl (C=O) groups is 1. The van der Waals surface area contributed by atoms with Crippen molar-refractivity contribution in [3.63, 3.8) is 0 Å². The van der Waals surface area contributed by atoms with Crippen LogP contribution in [0.15, 0.2) is 12.1 Å². The van der Waals surface area contributed by atoms with E-state index in [1.54, 1.807) is 20.8 Å². The van der Waals surface area contributed by atoms with Gasteiger partial charge in [-0.2, -0.15) is 0 Å². The number of carbonyl (C=O) groups excluding carboxylic acids is 1. The van der Waals surface area contributed by atoms with Gasteiger partial charge in [0.15, 0.2) is 9.84 Å². The van der Waals surface area contributed by atoms with Crippen LogP contribution in [0.3, 0.4) is 0 Å². The zero-order chi connectivity index (χ0) is 23.4. The number of unbranched alkanes of at least 4 members (excludes halogenated alkanes) is 2. The first-order valence-corrected chi connectivity index (χ1v) is 13.2. The fourth-order valence-electron chi connectivity index (χ4n) is 4.16. The highest BCUT2D eigenvalue weighted by molar-refractivity contribution is 7.92. The van der Waals surface area contributed by atoms with Gasteiger partial charge in [-0.25, -0.2) is 8.42 Å². The molecule has 0 N–H and O–H groups in total. The third-order valence-corrected chi connectivity index (χ3v) is 8.80. The highest BCUT2D eigenvalue weighted by atomic mass is 32.2. The van der Waals surface area contributed by atoms with Gasteiger partial charge in [0.05, 0.1) is 22.7 Å². The molecule has 1 fully saturated rings. The Morgan fingerprint density at radius 2 is 1.65 bits per heavy atom. The number of ether oxygens (including phenoxy) is 1. The van der Waals surface area contributed by atoms with Crippen LogP contribution in [-0.2, 0) is 25.8 Å². The van der Waals surface area contributed by atoms with E-state index < -0.39 is 14.6 Å². The molecule has 2 atom stereocenters.